The molecule has 6 heteroatoms. The Morgan fingerprint density at radius 2 is 1.89 bits per heavy atom. The van der Waals surface area contributed by atoms with Crippen molar-refractivity contribution in [2.75, 3.05) is 14.1 Å². The number of carbonyl (C=O) groups excluding carboxylic acids is 1. The molecule has 0 aliphatic carbocycles. The van der Waals surface area contributed by atoms with Crippen molar-refractivity contribution in [3.63, 3.8) is 0 Å². The smallest absolute Gasteiger partial charge is 0.242 e. The minimum atomic E-state index is -0.681. The molecule has 1 atom stereocenters. The molecule has 5 nitrogen and oxygen atoms in total. The summed E-state index contributed by atoms with van der Waals surface area (Å²) in [4.78, 5) is 18.6. The van der Waals surface area contributed by atoms with Crippen molar-refractivity contribution < 1.29 is 9.18 Å². The molecule has 1 amide bonds. The molecular weight excluding hydrogens is 343 g/mol. The van der Waals surface area contributed by atoms with Crippen LogP contribution in [0.3, 0.4) is 0 Å². The number of aryl methyl sites for hydroxylation is 1. The van der Waals surface area contributed by atoms with Crippen molar-refractivity contribution in [2.24, 2.45) is 0 Å². The second kappa shape index (κ2) is 8.14. The van der Waals surface area contributed by atoms with Crippen LogP contribution in [0.5, 0.6) is 0 Å². The number of amides is 1. The van der Waals surface area contributed by atoms with Crippen molar-refractivity contribution in [3.05, 3.63) is 83.7 Å². The Kier molecular flexibility index (Phi) is 5.66. The topological polar surface area (TPSA) is 50.2 Å². The van der Waals surface area contributed by atoms with E-state index in [4.69, 9.17) is 0 Å². The highest BCUT2D eigenvalue weighted by Crippen LogP contribution is 2.21. The fourth-order valence-electron chi connectivity index (χ4n) is 3.06. The summed E-state index contributed by atoms with van der Waals surface area (Å²) < 4.78 is 16.1. The molecule has 2 aromatic carbocycles. The largest absolute Gasteiger partial charge is 0.350 e. The van der Waals surface area contributed by atoms with Gasteiger partial charge in [-0.2, -0.15) is 0 Å². The van der Waals surface area contributed by atoms with E-state index in [1.165, 1.54) is 6.07 Å². The van der Waals surface area contributed by atoms with Crippen molar-refractivity contribution >= 4 is 5.91 Å². The number of benzene rings is 2. The van der Waals surface area contributed by atoms with E-state index in [0.29, 0.717) is 12.1 Å². The first-order chi connectivity index (χ1) is 13.0. The molecule has 3 aromatic rings. The molecule has 1 N–H and O–H groups in total. The Morgan fingerprint density at radius 1 is 1.19 bits per heavy atom. The summed E-state index contributed by atoms with van der Waals surface area (Å²) in [5.74, 6) is 0.292. The van der Waals surface area contributed by atoms with Gasteiger partial charge in [-0.1, -0.05) is 30.3 Å². The van der Waals surface area contributed by atoms with Gasteiger partial charge in [0.15, 0.2) is 0 Å². The predicted octanol–water partition coefficient (Wildman–Crippen LogP) is 3.24. The number of imidazole rings is 1. The van der Waals surface area contributed by atoms with Gasteiger partial charge in [0.1, 0.15) is 17.7 Å². The summed E-state index contributed by atoms with van der Waals surface area (Å²) in [6.45, 7) is 2.32. The number of carbonyl (C=O) groups is 1. The van der Waals surface area contributed by atoms with Crippen LogP contribution in [0.1, 0.15) is 23.0 Å². The predicted molar refractivity (Wildman–Crippen MR) is 103 cm³/mol. The maximum absolute atomic E-state index is 14.1. The zero-order valence-electron chi connectivity index (χ0n) is 15.7. The number of hydrogen-bond donors (Lipinski definition) is 1. The first-order valence-electron chi connectivity index (χ1n) is 8.75. The number of nitrogens with one attached hydrogen (secondary N) is 1. The van der Waals surface area contributed by atoms with E-state index in [9.17, 15) is 9.18 Å². The molecule has 1 heterocycles. The minimum absolute atomic E-state index is 0.236. The molecule has 0 bridgehead atoms. The minimum Gasteiger partial charge on any atom is -0.350 e. The molecule has 0 radical (unpaired) electrons. The van der Waals surface area contributed by atoms with Crippen molar-refractivity contribution in [1.82, 2.24) is 19.8 Å². The van der Waals surface area contributed by atoms with Crippen LogP contribution in [-0.4, -0.2) is 34.5 Å². The molecule has 3 rings (SSSR count). The average molecular weight is 366 g/mol. The number of hydrogen-bond acceptors (Lipinski definition) is 3. The van der Waals surface area contributed by atoms with E-state index in [-0.39, 0.29) is 11.7 Å². The Bertz CT molecular complexity index is 918. The Balaban J connectivity index is 1.69. The molecule has 0 spiro atoms. The highest BCUT2D eigenvalue weighted by Gasteiger charge is 2.25. The lowest BCUT2D eigenvalue weighted by atomic mass is 10.0. The van der Waals surface area contributed by atoms with E-state index >= 15 is 0 Å². The van der Waals surface area contributed by atoms with Crippen LogP contribution < -0.4 is 5.32 Å². The second-order valence-electron chi connectivity index (χ2n) is 6.62. The Hall–Kier alpha value is -2.99. The zero-order chi connectivity index (χ0) is 19.4. The standard InChI is InChI=1S/C21H23FN4O/c1-15-23-12-13-26(15)17-10-8-16(9-11-17)14-24-21(27)20(25(2)3)18-6-4-5-7-19(18)22/h4-13,20H,14H2,1-3H3,(H,24,27)/t20-/m0/s1. The van der Waals surface area contributed by atoms with Gasteiger partial charge in [0.25, 0.3) is 0 Å². The van der Waals surface area contributed by atoms with Gasteiger partial charge >= 0.3 is 0 Å². The maximum Gasteiger partial charge on any atom is 0.242 e. The molecular formula is C21H23FN4O. The van der Waals surface area contributed by atoms with Crippen LogP contribution >= 0.6 is 0 Å². The van der Waals surface area contributed by atoms with Gasteiger partial charge in [-0.15, -0.1) is 0 Å². The zero-order valence-corrected chi connectivity index (χ0v) is 15.7. The lowest BCUT2D eigenvalue weighted by Gasteiger charge is -2.24. The van der Waals surface area contributed by atoms with Crippen molar-refractivity contribution in [3.8, 4) is 5.69 Å². The third kappa shape index (κ3) is 4.23. The fraction of sp³-hybridized carbons (Fsp3) is 0.238. The lowest BCUT2D eigenvalue weighted by Crippen LogP contribution is -2.37. The van der Waals surface area contributed by atoms with Crippen LogP contribution in [0.25, 0.3) is 5.69 Å². The highest BCUT2D eigenvalue weighted by molar-refractivity contribution is 5.83. The number of aromatic nitrogens is 2. The highest BCUT2D eigenvalue weighted by atomic mass is 19.1. The molecule has 0 aliphatic heterocycles. The van der Waals surface area contributed by atoms with E-state index < -0.39 is 6.04 Å². The van der Waals surface area contributed by atoms with Gasteiger partial charge in [0, 0.05) is 30.2 Å². The molecule has 0 aliphatic rings. The number of rotatable bonds is 6. The van der Waals surface area contributed by atoms with Gasteiger partial charge < -0.3 is 9.88 Å². The van der Waals surface area contributed by atoms with Gasteiger partial charge in [-0.25, -0.2) is 9.37 Å². The monoisotopic (exact) mass is 366 g/mol. The molecule has 0 fully saturated rings. The molecule has 0 unspecified atom stereocenters. The molecule has 1 aromatic heterocycles. The quantitative estimate of drug-likeness (QED) is 0.729. The maximum atomic E-state index is 14.1. The van der Waals surface area contributed by atoms with E-state index in [1.54, 1.807) is 43.4 Å². The van der Waals surface area contributed by atoms with Crippen LogP contribution in [0, 0.1) is 12.7 Å². The second-order valence-corrected chi connectivity index (χ2v) is 6.62. The van der Waals surface area contributed by atoms with Gasteiger partial charge in [-0.3, -0.25) is 9.69 Å². The molecule has 27 heavy (non-hydrogen) atoms. The number of likely N-dealkylation sites (N-methyl/N-ethyl adjacent to an activating group) is 1. The van der Waals surface area contributed by atoms with Crippen LogP contribution in [0.2, 0.25) is 0 Å². The summed E-state index contributed by atoms with van der Waals surface area (Å²) in [6, 6.07) is 13.6. The summed E-state index contributed by atoms with van der Waals surface area (Å²) >= 11 is 0. The summed E-state index contributed by atoms with van der Waals surface area (Å²) in [5, 5.41) is 2.91. The van der Waals surface area contributed by atoms with Crippen LogP contribution in [0.4, 0.5) is 4.39 Å². The SMILES string of the molecule is Cc1nccn1-c1ccc(CNC(=O)[C@H](c2ccccc2F)N(C)C)cc1. The third-order valence-corrected chi connectivity index (χ3v) is 4.47. The summed E-state index contributed by atoms with van der Waals surface area (Å²) in [5.41, 5.74) is 2.35. The molecule has 140 valence electrons. The van der Waals surface area contributed by atoms with E-state index in [0.717, 1.165) is 17.1 Å². The molecule has 0 saturated carbocycles. The van der Waals surface area contributed by atoms with Crippen molar-refractivity contribution in [2.45, 2.75) is 19.5 Å². The Labute approximate surface area is 158 Å². The van der Waals surface area contributed by atoms with Crippen LogP contribution in [-0.2, 0) is 11.3 Å². The lowest BCUT2D eigenvalue weighted by molar-refractivity contribution is -0.126. The van der Waals surface area contributed by atoms with Gasteiger partial charge in [-0.05, 0) is 44.8 Å². The first-order valence-corrected chi connectivity index (χ1v) is 8.75. The number of nitrogens with zero attached hydrogens (tertiary/aromatic N) is 3. The normalized spacial score (nSPS) is 12.2. The van der Waals surface area contributed by atoms with E-state index in [2.05, 4.69) is 10.3 Å². The third-order valence-electron chi connectivity index (χ3n) is 4.47. The fourth-order valence-corrected chi connectivity index (χ4v) is 3.06. The van der Waals surface area contributed by atoms with E-state index in [1.807, 2.05) is 42.0 Å². The summed E-state index contributed by atoms with van der Waals surface area (Å²) in [7, 11) is 3.53. The van der Waals surface area contributed by atoms with Crippen LogP contribution in [0.15, 0.2) is 60.9 Å². The average Bonchev–Trinajstić information content (AvgIpc) is 3.08. The van der Waals surface area contributed by atoms with Gasteiger partial charge in [0.2, 0.25) is 5.91 Å². The van der Waals surface area contributed by atoms with Crippen molar-refractivity contribution in [1.29, 1.82) is 0 Å². The first kappa shape index (κ1) is 18.8. The Morgan fingerprint density at radius 3 is 2.48 bits per heavy atom. The summed E-state index contributed by atoms with van der Waals surface area (Å²) in [6.07, 6.45) is 3.66. The molecule has 0 saturated heterocycles. The van der Waals surface area contributed by atoms with Gasteiger partial charge in [0.05, 0.1) is 0 Å². The number of halogens is 1.